The van der Waals surface area contributed by atoms with Gasteiger partial charge in [0.05, 0.1) is 10.6 Å². The van der Waals surface area contributed by atoms with Crippen molar-refractivity contribution in [3.05, 3.63) is 48.3 Å². The van der Waals surface area contributed by atoms with Crippen LogP contribution in [0.3, 0.4) is 0 Å². The number of fused-ring (bicyclic) bond motifs is 1. The first-order valence-corrected chi connectivity index (χ1v) is 10.2. The lowest BCUT2D eigenvalue weighted by Gasteiger charge is -2.32. The Hall–Kier alpha value is -1.90. The van der Waals surface area contributed by atoms with E-state index >= 15 is 0 Å². The molecule has 0 saturated heterocycles. The Balaban J connectivity index is 1.85. The molecule has 1 aromatic carbocycles. The topological polar surface area (TPSA) is 79.4 Å². The molecule has 1 aromatic heterocycles. The van der Waals surface area contributed by atoms with Crippen molar-refractivity contribution in [2.24, 2.45) is 0 Å². The minimum Gasteiger partial charge on any atom is -0.310 e. The van der Waals surface area contributed by atoms with Gasteiger partial charge in [-0.1, -0.05) is 13.0 Å². The highest BCUT2D eigenvalue weighted by atomic mass is 32.2. The lowest BCUT2D eigenvalue weighted by atomic mass is 10.2. The normalized spacial score (nSPS) is 17.2. The van der Waals surface area contributed by atoms with E-state index in [1.54, 1.807) is 47.3 Å². The van der Waals surface area contributed by atoms with E-state index in [2.05, 4.69) is 9.71 Å². The molecule has 1 amide bonds. The van der Waals surface area contributed by atoms with Crippen molar-refractivity contribution in [2.75, 3.05) is 11.4 Å². The average Bonchev–Trinajstić information content (AvgIpc) is 2.59. The molecule has 1 unspecified atom stereocenters. The van der Waals surface area contributed by atoms with Crippen molar-refractivity contribution in [2.45, 2.75) is 35.4 Å². The second-order valence-electron chi connectivity index (χ2n) is 5.87. The van der Waals surface area contributed by atoms with Gasteiger partial charge in [-0.25, -0.2) is 13.1 Å². The molecule has 2 aromatic rings. The van der Waals surface area contributed by atoms with Gasteiger partial charge >= 0.3 is 0 Å². The minimum absolute atomic E-state index is 0.0429. The van der Waals surface area contributed by atoms with Crippen LogP contribution in [0.15, 0.2) is 52.5 Å². The number of nitrogens with zero attached hydrogens (tertiary/aromatic N) is 2. The summed E-state index contributed by atoms with van der Waals surface area (Å²) in [6.07, 6.45) is 3.26. The van der Waals surface area contributed by atoms with E-state index in [9.17, 15) is 13.2 Å². The maximum Gasteiger partial charge on any atom is 0.240 e. The number of pyridine rings is 1. The second-order valence-corrected chi connectivity index (χ2v) is 9.12. The molecule has 1 N–H and O–H groups in total. The van der Waals surface area contributed by atoms with E-state index in [4.69, 9.17) is 0 Å². The maximum atomic E-state index is 12.6. The Morgan fingerprint density at radius 2 is 2.20 bits per heavy atom. The SMILES string of the molecule is CC(=O)N1CC(C)Sc2cc(S(=O)(=O)NCc3cccnc3)ccc21. The standard InChI is InChI=1S/C17H19N3O3S2/c1-12-11-20(13(2)21)16-6-5-15(8-17(16)24-12)25(22,23)19-10-14-4-3-7-18-9-14/h3-9,12,19H,10-11H2,1-2H3. The Morgan fingerprint density at radius 3 is 2.88 bits per heavy atom. The number of thioether (sulfide) groups is 1. The number of rotatable bonds is 4. The predicted molar refractivity (Wildman–Crippen MR) is 98.1 cm³/mol. The van der Waals surface area contributed by atoms with Crippen LogP contribution in [0.1, 0.15) is 19.4 Å². The molecule has 0 aliphatic carbocycles. The molecule has 0 radical (unpaired) electrons. The third-order valence-electron chi connectivity index (χ3n) is 3.87. The van der Waals surface area contributed by atoms with E-state index in [-0.39, 0.29) is 22.6 Å². The fraction of sp³-hybridized carbons (Fsp3) is 0.294. The van der Waals surface area contributed by atoms with E-state index in [1.807, 2.05) is 13.0 Å². The van der Waals surface area contributed by atoms with Crippen molar-refractivity contribution < 1.29 is 13.2 Å². The largest absolute Gasteiger partial charge is 0.310 e. The number of amides is 1. The number of sulfonamides is 1. The number of hydrogen-bond acceptors (Lipinski definition) is 5. The number of carbonyl (C=O) groups is 1. The van der Waals surface area contributed by atoms with Gasteiger partial charge in [-0.15, -0.1) is 11.8 Å². The Kier molecular flexibility index (Phi) is 5.12. The lowest BCUT2D eigenvalue weighted by molar-refractivity contribution is -0.116. The Bertz CT molecular complexity index is 885. The third-order valence-corrected chi connectivity index (χ3v) is 6.40. The summed E-state index contributed by atoms with van der Waals surface area (Å²) in [5.41, 5.74) is 1.55. The first kappa shape index (κ1) is 17.9. The monoisotopic (exact) mass is 377 g/mol. The first-order valence-electron chi connectivity index (χ1n) is 7.84. The highest BCUT2D eigenvalue weighted by molar-refractivity contribution is 8.00. The van der Waals surface area contributed by atoms with Gasteiger partial charge in [0.25, 0.3) is 0 Å². The van der Waals surface area contributed by atoms with Crippen molar-refractivity contribution in [1.82, 2.24) is 9.71 Å². The number of anilines is 1. The summed E-state index contributed by atoms with van der Waals surface area (Å²) >= 11 is 1.58. The van der Waals surface area contributed by atoms with Crippen LogP contribution in [0.5, 0.6) is 0 Å². The molecule has 1 aliphatic rings. The summed E-state index contributed by atoms with van der Waals surface area (Å²) in [6, 6.07) is 8.45. The molecule has 6 nitrogen and oxygen atoms in total. The van der Waals surface area contributed by atoms with Crippen molar-refractivity contribution in [3.63, 3.8) is 0 Å². The van der Waals surface area contributed by atoms with Crippen LogP contribution in [0, 0.1) is 0 Å². The summed E-state index contributed by atoms with van der Waals surface area (Å²) in [5, 5.41) is 0.206. The molecule has 0 spiro atoms. The zero-order chi connectivity index (χ0) is 18.0. The number of benzene rings is 1. The number of hydrogen-bond donors (Lipinski definition) is 1. The molecule has 2 heterocycles. The van der Waals surface area contributed by atoms with E-state index in [1.165, 1.54) is 13.0 Å². The molecule has 8 heteroatoms. The van der Waals surface area contributed by atoms with E-state index < -0.39 is 10.0 Å². The number of aromatic nitrogens is 1. The molecule has 0 saturated carbocycles. The van der Waals surface area contributed by atoms with Crippen LogP contribution in [0.4, 0.5) is 5.69 Å². The predicted octanol–water partition coefficient (Wildman–Crippen LogP) is 2.41. The summed E-state index contributed by atoms with van der Waals surface area (Å²) < 4.78 is 27.7. The molecule has 1 aliphatic heterocycles. The second kappa shape index (κ2) is 7.15. The summed E-state index contributed by atoms with van der Waals surface area (Å²) in [5.74, 6) is -0.0429. The molecule has 0 bridgehead atoms. The summed E-state index contributed by atoms with van der Waals surface area (Å²) in [6.45, 7) is 4.34. The van der Waals surface area contributed by atoms with Crippen LogP contribution < -0.4 is 9.62 Å². The van der Waals surface area contributed by atoms with Crippen LogP contribution in [-0.2, 0) is 21.4 Å². The average molecular weight is 377 g/mol. The molecular weight excluding hydrogens is 358 g/mol. The van der Waals surface area contributed by atoms with Crippen LogP contribution in [0.25, 0.3) is 0 Å². The van der Waals surface area contributed by atoms with Gasteiger partial charge in [-0.05, 0) is 29.8 Å². The molecule has 1 atom stereocenters. The van der Waals surface area contributed by atoms with Crippen LogP contribution >= 0.6 is 11.8 Å². The van der Waals surface area contributed by atoms with Gasteiger partial charge in [0.2, 0.25) is 15.9 Å². The van der Waals surface area contributed by atoms with E-state index in [0.29, 0.717) is 6.54 Å². The van der Waals surface area contributed by atoms with Gasteiger partial charge in [0.1, 0.15) is 0 Å². The van der Waals surface area contributed by atoms with Gasteiger partial charge in [0.15, 0.2) is 0 Å². The lowest BCUT2D eigenvalue weighted by Crippen LogP contribution is -2.37. The Labute approximate surface area is 151 Å². The summed E-state index contributed by atoms with van der Waals surface area (Å²) in [7, 11) is -3.64. The third kappa shape index (κ3) is 4.02. The molecule has 3 rings (SSSR count). The number of nitrogens with one attached hydrogen (secondary N) is 1. The highest BCUT2D eigenvalue weighted by Gasteiger charge is 2.26. The Morgan fingerprint density at radius 1 is 1.40 bits per heavy atom. The first-order chi connectivity index (χ1) is 11.9. The van der Waals surface area contributed by atoms with Crippen molar-refractivity contribution >= 4 is 33.4 Å². The van der Waals surface area contributed by atoms with Gasteiger partial charge in [-0.2, -0.15) is 0 Å². The summed E-state index contributed by atoms with van der Waals surface area (Å²) in [4.78, 5) is 18.5. The zero-order valence-electron chi connectivity index (χ0n) is 14.0. The van der Waals surface area contributed by atoms with Crippen LogP contribution in [0.2, 0.25) is 0 Å². The molecule has 0 fully saturated rings. The van der Waals surface area contributed by atoms with Gasteiger partial charge < -0.3 is 4.90 Å². The van der Waals surface area contributed by atoms with Crippen molar-refractivity contribution in [3.8, 4) is 0 Å². The highest BCUT2D eigenvalue weighted by Crippen LogP contribution is 2.39. The fourth-order valence-electron chi connectivity index (χ4n) is 2.65. The smallest absolute Gasteiger partial charge is 0.240 e. The maximum absolute atomic E-state index is 12.6. The molecular formula is C17H19N3O3S2. The minimum atomic E-state index is -3.64. The van der Waals surface area contributed by atoms with Crippen LogP contribution in [-0.4, -0.2) is 31.1 Å². The molecule has 25 heavy (non-hydrogen) atoms. The number of carbonyl (C=O) groups excluding carboxylic acids is 1. The quantitative estimate of drug-likeness (QED) is 0.885. The fourth-order valence-corrected chi connectivity index (χ4v) is 4.92. The van der Waals surface area contributed by atoms with E-state index in [0.717, 1.165) is 16.1 Å². The van der Waals surface area contributed by atoms with Gasteiger partial charge in [-0.3, -0.25) is 9.78 Å². The van der Waals surface area contributed by atoms with Gasteiger partial charge in [0, 0.05) is 42.6 Å². The zero-order valence-corrected chi connectivity index (χ0v) is 15.6. The molecule has 132 valence electrons. The van der Waals surface area contributed by atoms with Crippen molar-refractivity contribution in [1.29, 1.82) is 0 Å².